The monoisotopic (exact) mass is 673 g/mol. The van der Waals surface area contributed by atoms with E-state index in [4.69, 9.17) is 18.6 Å². The molecule has 12 nitrogen and oxygen atoms in total. The Morgan fingerprint density at radius 1 is 1.13 bits per heavy atom. The van der Waals surface area contributed by atoms with E-state index >= 15 is 0 Å². The van der Waals surface area contributed by atoms with E-state index in [1.807, 2.05) is 0 Å². The second-order valence-electron chi connectivity index (χ2n) is 9.95. The molecule has 5 rings (SSSR count). The average Bonchev–Trinajstić information content (AvgIpc) is 3.39. The maximum absolute atomic E-state index is 14.7. The third-order valence-electron chi connectivity index (χ3n) is 6.94. The molecule has 0 spiro atoms. The highest BCUT2D eigenvalue weighted by Crippen LogP contribution is 2.34. The minimum Gasteiger partial charge on any atom is -0.467 e. The lowest BCUT2D eigenvalue weighted by Crippen LogP contribution is -2.40. The first-order chi connectivity index (χ1) is 21.4. The number of ether oxygens (including phenoxy) is 1. The van der Waals surface area contributed by atoms with Crippen LogP contribution in [-0.4, -0.2) is 60.5 Å². The smallest absolute Gasteiger partial charge is 0.451 e. The van der Waals surface area contributed by atoms with Crippen LogP contribution in [-0.2, 0) is 53.9 Å². The molecule has 0 radical (unpaired) electrons. The summed E-state index contributed by atoms with van der Waals surface area (Å²) < 4.78 is 87.8. The van der Waals surface area contributed by atoms with E-state index in [0.29, 0.717) is 42.9 Å². The number of thiazole rings is 1. The van der Waals surface area contributed by atoms with Gasteiger partial charge in [0.15, 0.2) is 12.4 Å². The zero-order valence-corrected chi connectivity index (χ0v) is 25.2. The second kappa shape index (κ2) is 13.7. The third kappa shape index (κ3) is 8.12. The maximum atomic E-state index is 14.7. The van der Waals surface area contributed by atoms with Crippen LogP contribution >= 0.6 is 11.3 Å². The molecule has 2 aliphatic rings. The van der Waals surface area contributed by atoms with Crippen molar-refractivity contribution in [3.63, 3.8) is 0 Å². The number of rotatable bonds is 10. The van der Waals surface area contributed by atoms with Crippen molar-refractivity contribution in [3.8, 4) is 5.88 Å². The summed E-state index contributed by atoms with van der Waals surface area (Å²) in [6, 6.07) is 3.68. The first kappa shape index (κ1) is 32.7. The Kier molecular flexibility index (Phi) is 9.97. The second-order valence-corrected chi connectivity index (χ2v) is 12.5. The summed E-state index contributed by atoms with van der Waals surface area (Å²) in [6.07, 6.45) is -1.36. The third-order valence-corrected chi connectivity index (χ3v) is 9.10. The first-order valence-electron chi connectivity index (χ1n) is 13.5. The van der Waals surface area contributed by atoms with Gasteiger partial charge in [0.1, 0.15) is 24.8 Å². The molecule has 0 N–H and O–H groups in total. The molecule has 0 bridgehead atoms. The number of hydrogen-bond acceptors (Lipinski definition) is 12. The summed E-state index contributed by atoms with van der Waals surface area (Å²) in [7, 11) is -3.95. The van der Waals surface area contributed by atoms with Gasteiger partial charge in [-0.15, -0.1) is 23.1 Å². The van der Waals surface area contributed by atoms with Crippen LogP contribution in [0, 0.1) is 5.82 Å². The van der Waals surface area contributed by atoms with Gasteiger partial charge in [-0.05, 0) is 30.0 Å². The Balaban J connectivity index is 1.15. The molecule has 242 valence electrons. The topological polar surface area (TPSA) is 133 Å². The highest BCUT2D eigenvalue weighted by atomic mass is 32.2. The number of halogens is 4. The number of benzene rings is 1. The minimum absolute atomic E-state index is 0.0129. The standard InChI is InChI=1S/C27H27F4N5O7S2/c1-2-11-43-45(38,39)16-18-3-4-21(28)20-13-42-36(41-12-19(18)20)22-15-44-25(33-22)17-6-9-35(10-7-17)24(37)14-40-23-5-8-32-26(34-23)27(29,30)31/h2-5,8,15,17H,1,6-7,9-14,16H2. The van der Waals surface area contributed by atoms with Crippen molar-refractivity contribution in [1.29, 1.82) is 0 Å². The predicted octanol–water partition coefficient (Wildman–Crippen LogP) is 4.29. The molecule has 0 atom stereocenters. The zero-order valence-electron chi connectivity index (χ0n) is 23.5. The number of amides is 1. The van der Waals surface area contributed by atoms with Gasteiger partial charge in [-0.2, -0.15) is 26.6 Å². The number of alkyl halides is 3. The summed E-state index contributed by atoms with van der Waals surface area (Å²) in [4.78, 5) is 36.7. The number of hydrogen-bond donors (Lipinski definition) is 0. The van der Waals surface area contributed by atoms with Crippen LogP contribution in [0.5, 0.6) is 5.88 Å². The van der Waals surface area contributed by atoms with Crippen LogP contribution in [0.1, 0.15) is 46.3 Å². The molecule has 0 saturated carbocycles. The number of carbonyl (C=O) groups excluding carboxylic acids is 1. The van der Waals surface area contributed by atoms with E-state index in [0.717, 1.165) is 22.5 Å². The van der Waals surface area contributed by atoms with Crippen LogP contribution < -0.4 is 9.96 Å². The number of fused-ring (bicyclic) bond motifs is 1. The fourth-order valence-corrected chi connectivity index (χ4v) is 6.67. The summed E-state index contributed by atoms with van der Waals surface area (Å²) in [5, 5.41) is 3.54. The molecular weight excluding hydrogens is 646 g/mol. The highest BCUT2D eigenvalue weighted by Gasteiger charge is 2.35. The molecule has 1 fully saturated rings. The number of piperidine rings is 1. The van der Waals surface area contributed by atoms with Crippen molar-refractivity contribution >= 4 is 33.2 Å². The lowest BCUT2D eigenvalue weighted by Gasteiger charge is -2.31. The van der Waals surface area contributed by atoms with Gasteiger partial charge in [0, 0.05) is 42.2 Å². The number of aromatic nitrogens is 3. The summed E-state index contributed by atoms with van der Waals surface area (Å²) in [6.45, 7) is 3.13. The van der Waals surface area contributed by atoms with Crippen molar-refractivity contribution < 1.29 is 49.4 Å². The lowest BCUT2D eigenvalue weighted by molar-refractivity contribution is -0.145. The van der Waals surface area contributed by atoms with Crippen LogP contribution in [0.4, 0.5) is 23.4 Å². The molecule has 45 heavy (non-hydrogen) atoms. The van der Waals surface area contributed by atoms with E-state index < -0.39 is 46.2 Å². The van der Waals surface area contributed by atoms with E-state index in [9.17, 15) is 30.8 Å². The van der Waals surface area contributed by atoms with Crippen molar-refractivity contribution in [2.24, 2.45) is 0 Å². The first-order valence-corrected chi connectivity index (χ1v) is 16.0. The summed E-state index contributed by atoms with van der Waals surface area (Å²) in [5.74, 6) is -2.82. The van der Waals surface area contributed by atoms with Crippen LogP contribution in [0.2, 0.25) is 0 Å². The van der Waals surface area contributed by atoms with Crippen molar-refractivity contribution in [3.05, 3.63) is 75.8 Å². The molecule has 1 amide bonds. The fourth-order valence-electron chi connectivity index (χ4n) is 4.70. The van der Waals surface area contributed by atoms with Crippen molar-refractivity contribution in [2.75, 3.05) is 31.5 Å². The molecule has 2 aromatic heterocycles. The molecule has 2 aliphatic heterocycles. The van der Waals surface area contributed by atoms with Crippen molar-refractivity contribution in [1.82, 2.24) is 19.9 Å². The SMILES string of the molecule is C=CCOS(=O)(=O)Cc1ccc(F)c2c1CON(c1csc(C3CCN(C(=O)COc4ccnc(C(F)(F)F)n4)CC3)n1)OC2. The maximum Gasteiger partial charge on any atom is 0.451 e. The predicted molar refractivity (Wildman–Crippen MR) is 150 cm³/mol. The molecule has 0 unspecified atom stereocenters. The van der Waals surface area contributed by atoms with Gasteiger partial charge in [0.05, 0.1) is 11.6 Å². The van der Waals surface area contributed by atoms with Crippen LogP contribution in [0.15, 0.2) is 42.4 Å². The van der Waals surface area contributed by atoms with Gasteiger partial charge in [-0.25, -0.2) is 24.0 Å². The number of likely N-dealkylation sites (tertiary alicyclic amines) is 1. The average molecular weight is 674 g/mol. The Morgan fingerprint density at radius 2 is 1.87 bits per heavy atom. The molecule has 0 aliphatic carbocycles. The van der Waals surface area contributed by atoms with Gasteiger partial charge in [-0.1, -0.05) is 12.1 Å². The Morgan fingerprint density at radius 3 is 2.58 bits per heavy atom. The molecule has 3 aromatic rings. The number of carbonyl (C=O) groups is 1. The molecular formula is C27H27F4N5O7S2. The van der Waals surface area contributed by atoms with Crippen molar-refractivity contribution in [2.45, 2.75) is 43.9 Å². The molecule has 1 saturated heterocycles. The van der Waals surface area contributed by atoms with E-state index in [1.165, 1.54) is 29.5 Å². The largest absolute Gasteiger partial charge is 0.467 e. The number of nitrogens with zero attached hydrogens (tertiary/aromatic N) is 5. The van der Waals surface area contributed by atoms with E-state index in [1.54, 1.807) is 10.3 Å². The van der Waals surface area contributed by atoms with Gasteiger partial charge in [0.2, 0.25) is 11.7 Å². The summed E-state index contributed by atoms with van der Waals surface area (Å²) >= 11 is 1.36. The lowest BCUT2D eigenvalue weighted by atomic mass is 9.97. The van der Waals surface area contributed by atoms with Gasteiger partial charge >= 0.3 is 6.18 Å². The highest BCUT2D eigenvalue weighted by molar-refractivity contribution is 7.85. The quantitative estimate of drug-likeness (QED) is 0.173. The molecule has 4 heterocycles. The van der Waals surface area contributed by atoms with Gasteiger partial charge in [0.25, 0.3) is 16.0 Å². The molecule has 1 aromatic carbocycles. The Hall–Kier alpha value is -3.71. The van der Waals surface area contributed by atoms with Gasteiger partial charge < -0.3 is 9.64 Å². The van der Waals surface area contributed by atoms with E-state index in [-0.39, 0.29) is 37.2 Å². The van der Waals surface area contributed by atoms with E-state index in [2.05, 4.69) is 21.5 Å². The normalized spacial score (nSPS) is 16.3. The van der Waals surface area contributed by atoms with Crippen LogP contribution in [0.3, 0.4) is 0 Å². The minimum atomic E-state index is -4.73. The fraction of sp³-hybridized carbons (Fsp3) is 0.407. The summed E-state index contributed by atoms with van der Waals surface area (Å²) in [5.41, 5.74) is 0.806. The van der Waals surface area contributed by atoms with Crippen LogP contribution in [0.25, 0.3) is 0 Å². The van der Waals surface area contributed by atoms with Gasteiger partial charge in [-0.3, -0.25) is 8.98 Å². The Labute approximate surface area is 259 Å². The molecule has 18 heteroatoms. The zero-order chi connectivity index (χ0) is 32.2. The number of anilines is 1. The Bertz CT molecular complexity index is 1650.